The monoisotopic (exact) mass is 550 g/mol. The second-order valence-corrected chi connectivity index (χ2v) is 11.4. The van der Waals surface area contributed by atoms with Gasteiger partial charge >= 0.3 is 0 Å². The van der Waals surface area contributed by atoms with Crippen LogP contribution >= 0.6 is 15.9 Å². The van der Waals surface area contributed by atoms with Gasteiger partial charge in [0, 0.05) is 56.0 Å². The molecule has 5 rings (SSSR count). The zero-order valence-electron chi connectivity index (χ0n) is 22.8. The first-order valence-electron chi connectivity index (χ1n) is 13.5. The van der Waals surface area contributed by atoms with E-state index in [4.69, 9.17) is 0 Å². The molecule has 36 heavy (non-hydrogen) atoms. The molecule has 192 valence electrons. The van der Waals surface area contributed by atoms with Gasteiger partial charge in [-0.1, -0.05) is 60.1 Å². The summed E-state index contributed by atoms with van der Waals surface area (Å²) in [4.78, 5) is 5.65. The molecule has 4 nitrogen and oxygen atoms in total. The van der Waals surface area contributed by atoms with Crippen LogP contribution in [0, 0.1) is 6.92 Å². The van der Waals surface area contributed by atoms with Crippen LogP contribution in [0.3, 0.4) is 0 Å². The van der Waals surface area contributed by atoms with E-state index >= 15 is 0 Å². The van der Waals surface area contributed by atoms with Crippen LogP contribution in [0.4, 0.5) is 0 Å². The van der Waals surface area contributed by atoms with Crippen LogP contribution in [-0.4, -0.2) is 58.6 Å². The number of alkyl halides is 1. The lowest BCUT2D eigenvalue weighted by Gasteiger charge is -2.41. The number of aryl methyl sites for hydroxylation is 3. The van der Waals surface area contributed by atoms with Crippen molar-refractivity contribution in [1.82, 2.24) is 9.80 Å². The molecule has 5 heteroatoms. The third-order valence-electron chi connectivity index (χ3n) is 7.70. The molecule has 2 unspecified atom stereocenters. The average Bonchev–Trinajstić information content (AvgIpc) is 3.03. The van der Waals surface area contributed by atoms with E-state index in [1.165, 1.54) is 33.6 Å². The van der Waals surface area contributed by atoms with Crippen LogP contribution in [0.15, 0.2) is 66.3 Å². The predicted octanol–water partition coefficient (Wildman–Crippen LogP) is 5.34. The second-order valence-electron chi connectivity index (χ2n) is 10.2. The largest absolute Gasteiger partial charge is 0.372 e. The fraction of sp³-hybridized carbons (Fsp3) is 0.484. The summed E-state index contributed by atoms with van der Waals surface area (Å²) in [5, 5.41) is 0. The quantitative estimate of drug-likeness (QED) is 0.376. The highest BCUT2D eigenvalue weighted by Crippen LogP contribution is 2.41. The highest BCUT2D eigenvalue weighted by Gasteiger charge is 2.40. The highest BCUT2D eigenvalue weighted by atomic mass is 79.9. The molecule has 2 aromatic rings. The van der Waals surface area contributed by atoms with Gasteiger partial charge in [0.05, 0.1) is 4.83 Å². The molecule has 0 amide bonds. The van der Waals surface area contributed by atoms with E-state index in [2.05, 4.69) is 111 Å². The number of allylic oxidation sites excluding steroid dienone is 2. The van der Waals surface area contributed by atoms with Crippen LogP contribution < -0.4 is 4.57 Å². The molecule has 3 heterocycles. The number of halogens is 1. The third-order valence-corrected chi connectivity index (χ3v) is 8.26. The third kappa shape index (κ3) is 5.84. The van der Waals surface area contributed by atoms with Crippen molar-refractivity contribution < 1.29 is 9.14 Å². The summed E-state index contributed by atoms with van der Waals surface area (Å²) in [5.41, 5.74) is 10.1. The van der Waals surface area contributed by atoms with E-state index in [1.54, 1.807) is 5.57 Å². The van der Waals surface area contributed by atoms with Gasteiger partial charge in [-0.2, -0.15) is 0 Å². The first-order valence-corrected chi connectivity index (χ1v) is 14.4. The Morgan fingerprint density at radius 1 is 1.03 bits per heavy atom. The number of likely N-dealkylation sites (N-methyl/N-ethyl adjacent to an activating group) is 1. The van der Waals surface area contributed by atoms with E-state index in [1.807, 2.05) is 13.8 Å². The van der Waals surface area contributed by atoms with Crippen molar-refractivity contribution in [2.24, 2.45) is 7.05 Å². The Labute approximate surface area is 226 Å². The molecular formula is C31H43BrN4+2. The van der Waals surface area contributed by atoms with E-state index in [9.17, 15) is 0 Å². The molecule has 0 saturated carbocycles. The molecule has 1 fully saturated rings. The molecule has 1 aromatic carbocycles. The molecule has 0 spiro atoms. The number of pyridine rings is 1. The lowest BCUT2D eigenvalue weighted by Crippen LogP contribution is -2.48. The molecule has 1 aromatic heterocycles. The maximum absolute atomic E-state index is 4.45. The van der Waals surface area contributed by atoms with Crippen LogP contribution in [0.25, 0.3) is 0 Å². The smallest absolute Gasteiger partial charge is 0.202 e. The van der Waals surface area contributed by atoms with E-state index in [-0.39, 0.29) is 0 Å². The maximum atomic E-state index is 4.45. The molecule has 1 aliphatic carbocycles. The van der Waals surface area contributed by atoms with E-state index in [0.717, 1.165) is 51.9 Å². The number of hydrogen-bond donors (Lipinski definition) is 0. The fourth-order valence-electron chi connectivity index (χ4n) is 5.90. The summed E-state index contributed by atoms with van der Waals surface area (Å²) in [6, 6.07) is 11.9. The first kappa shape index (κ1) is 26.8. The van der Waals surface area contributed by atoms with Gasteiger partial charge in [0.1, 0.15) is 20.1 Å². The standard InChI is InChI=1S/C29H37BrN4.C2H6/c1-21-5-8-27-24(17-21)6-7-25-19-26(30)20-32(4)28(25)29(27)34-15-13-33(14-16-34)22(2)18-23-9-11-31(3)12-10-23;1-2/h5,8-12,17,20,26,29H,2,6-7,13-16,18-19H2,1,3-4H3;1-2H3/q+2;. The first-order chi connectivity index (χ1) is 17.4. The van der Waals surface area contributed by atoms with Crippen molar-refractivity contribution in [3.63, 3.8) is 0 Å². The van der Waals surface area contributed by atoms with Crippen molar-refractivity contribution >= 4 is 22.1 Å². The molecule has 3 aliphatic rings. The van der Waals surface area contributed by atoms with Gasteiger partial charge in [-0.25, -0.2) is 9.14 Å². The molecule has 0 radical (unpaired) electrons. The summed E-state index contributed by atoms with van der Waals surface area (Å²) in [5.74, 6) is 0. The van der Waals surface area contributed by atoms with Crippen LogP contribution in [0.1, 0.15) is 55.0 Å². The number of nitrogens with zero attached hydrogens (tertiary/aromatic N) is 4. The summed E-state index contributed by atoms with van der Waals surface area (Å²) >= 11 is 3.87. The van der Waals surface area contributed by atoms with Gasteiger partial charge in [-0.05, 0) is 42.9 Å². The second kappa shape index (κ2) is 11.9. The number of piperazine rings is 1. The zero-order valence-corrected chi connectivity index (χ0v) is 24.4. The summed E-state index contributed by atoms with van der Waals surface area (Å²) in [6.45, 7) is 14.9. The normalized spacial score (nSPS) is 22.1. The average molecular weight is 552 g/mol. The Hall–Kier alpha value is -2.24. The molecule has 1 saturated heterocycles. The zero-order chi connectivity index (χ0) is 25.8. The predicted molar refractivity (Wildman–Crippen MR) is 154 cm³/mol. The van der Waals surface area contributed by atoms with Crippen molar-refractivity contribution in [3.8, 4) is 0 Å². The Bertz CT molecular complexity index is 1140. The van der Waals surface area contributed by atoms with Crippen LogP contribution in [0.5, 0.6) is 0 Å². The van der Waals surface area contributed by atoms with Crippen molar-refractivity contribution in [2.45, 2.75) is 57.3 Å². The Morgan fingerprint density at radius 2 is 1.72 bits per heavy atom. The number of fused-ring (bicyclic) bond motifs is 1. The van der Waals surface area contributed by atoms with Gasteiger partial charge in [0.25, 0.3) is 0 Å². The van der Waals surface area contributed by atoms with E-state index in [0.29, 0.717) is 10.9 Å². The number of hydrogen-bond acceptors (Lipinski definition) is 2. The minimum Gasteiger partial charge on any atom is -0.372 e. The summed E-state index contributed by atoms with van der Waals surface area (Å²) < 4.78 is 4.50. The highest BCUT2D eigenvalue weighted by molar-refractivity contribution is 9.09. The SMILES string of the molecule is C=C(Cc1cc[n+](C)cc1)N1CCN(C2C3=C(CCc4cc(C)ccc42)CC(Br)C=[N+]3C)CC1.CC. The van der Waals surface area contributed by atoms with Crippen LogP contribution in [-0.2, 0) is 19.9 Å². The lowest BCUT2D eigenvalue weighted by atomic mass is 9.93. The molecular weight excluding hydrogens is 508 g/mol. The minimum absolute atomic E-state index is 0.332. The van der Waals surface area contributed by atoms with Crippen LogP contribution in [0.2, 0.25) is 0 Å². The van der Waals surface area contributed by atoms with Crippen molar-refractivity contribution in [1.29, 1.82) is 0 Å². The van der Waals surface area contributed by atoms with Gasteiger partial charge in [-0.15, -0.1) is 0 Å². The van der Waals surface area contributed by atoms with Gasteiger partial charge in [0.2, 0.25) is 5.70 Å². The number of aromatic nitrogens is 1. The fourth-order valence-corrected chi connectivity index (χ4v) is 6.64. The summed E-state index contributed by atoms with van der Waals surface area (Å²) in [7, 11) is 4.30. The van der Waals surface area contributed by atoms with Gasteiger partial charge in [-0.3, -0.25) is 4.90 Å². The Balaban J connectivity index is 0.00000148. The Morgan fingerprint density at radius 3 is 2.42 bits per heavy atom. The molecule has 2 atom stereocenters. The summed E-state index contributed by atoms with van der Waals surface area (Å²) in [6.07, 6.45) is 10.9. The van der Waals surface area contributed by atoms with Gasteiger partial charge in [0.15, 0.2) is 18.6 Å². The topological polar surface area (TPSA) is 13.4 Å². The van der Waals surface area contributed by atoms with Crippen molar-refractivity contribution in [3.05, 3.63) is 88.5 Å². The van der Waals surface area contributed by atoms with Gasteiger partial charge < -0.3 is 4.90 Å². The van der Waals surface area contributed by atoms with Crippen molar-refractivity contribution in [2.75, 3.05) is 33.2 Å². The number of rotatable bonds is 4. The maximum Gasteiger partial charge on any atom is 0.202 e. The molecule has 0 bridgehead atoms. The van der Waals surface area contributed by atoms with E-state index < -0.39 is 0 Å². The molecule has 0 N–H and O–H groups in total. The Kier molecular flexibility index (Phi) is 8.84. The number of benzene rings is 1. The lowest BCUT2D eigenvalue weighted by molar-refractivity contribution is -0.671. The molecule has 2 aliphatic heterocycles. The minimum atomic E-state index is 0.332.